The van der Waals surface area contributed by atoms with Gasteiger partial charge in [0.15, 0.2) is 0 Å². The van der Waals surface area contributed by atoms with Crippen molar-refractivity contribution >= 4 is 5.91 Å². The molecule has 7 heteroatoms. The van der Waals surface area contributed by atoms with Crippen molar-refractivity contribution in [2.24, 2.45) is 0 Å². The minimum absolute atomic E-state index is 0.0895. The number of aromatic nitrogens is 2. The Bertz CT molecular complexity index is 966. The molecule has 0 spiro atoms. The Morgan fingerprint density at radius 3 is 2.52 bits per heavy atom. The van der Waals surface area contributed by atoms with E-state index in [0.29, 0.717) is 37.8 Å². The Hall–Kier alpha value is -3.35. The maximum Gasteiger partial charge on any atom is 0.232 e. The normalized spacial score (nSPS) is 16.3. The number of methoxy groups -OCH3 is 1. The summed E-state index contributed by atoms with van der Waals surface area (Å²) in [4.78, 5) is 18.8. The van der Waals surface area contributed by atoms with Crippen molar-refractivity contribution in [3.8, 4) is 22.9 Å². The van der Waals surface area contributed by atoms with Gasteiger partial charge in [-0.1, -0.05) is 17.3 Å². The average Bonchev–Trinajstić information content (AvgIpc) is 3.37. The van der Waals surface area contributed by atoms with Gasteiger partial charge in [-0.2, -0.15) is 4.98 Å². The molecular weight excluding hydrogens is 370 g/mol. The summed E-state index contributed by atoms with van der Waals surface area (Å²) in [5, 5.41) is 4.09. The van der Waals surface area contributed by atoms with Crippen LogP contribution in [0.2, 0.25) is 0 Å². The third-order valence-corrected chi connectivity index (χ3v) is 4.96. The summed E-state index contributed by atoms with van der Waals surface area (Å²) in [7, 11) is 1.63. The van der Waals surface area contributed by atoms with E-state index in [1.54, 1.807) is 7.11 Å². The maximum atomic E-state index is 12.5. The maximum absolute atomic E-state index is 12.5. The highest BCUT2D eigenvalue weighted by molar-refractivity contribution is 5.79. The zero-order valence-corrected chi connectivity index (χ0v) is 16.5. The molecule has 0 N–H and O–H groups in total. The molecule has 3 aromatic rings. The summed E-state index contributed by atoms with van der Waals surface area (Å²) in [5.41, 5.74) is 1.91. The molecular formula is C22H23N3O4. The first-order valence-electron chi connectivity index (χ1n) is 9.63. The predicted molar refractivity (Wildman–Crippen MR) is 107 cm³/mol. The van der Waals surface area contributed by atoms with Crippen LogP contribution in [0, 0.1) is 0 Å². The van der Waals surface area contributed by atoms with Gasteiger partial charge in [-0.15, -0.1) is 0 Å². The van der Waals surface area contributed by atoms with Gasteiger partial charge in [0.1, 0.15) is 11.5 Å². The summed E-state index contributed by atoms with van der Waals surface area (Å²) in [6.07, 6.45) is 0.376. The Kier molecular flexibility index (Phi) is 5.46. The number of hydrogen-bond acceptors (Lipinski definition) is 6. The number of nitrogens with zero attached hydrogens (tertiary/aromatic N) is 3. The topological polar surface area (TPSA) is 77.7 Å². The zero-order valence-electron chi connectivity index (χ0n) is 16.5. The van der Waals surface area contributed by atoms with Crippen molar-refractivity contribution in [3.05, 3.63) is 60.0 Å². The Labute approximate surface area is 169 Å². The quantitative estimate of drug-likeness (QED) is 0.610. The highest BCUT2D eigenvalue weighted by Crippen LogP contribution is 2.30. The first-order valence-corrected chi connectivity index (χ1v) is 9.63. The van der Waals surface area contributed by atoms with Crippen LogP contribution in [-0.2, 0) is 11.3 Å². The average molecular weight is 393 g/mol. The van der Waals surface area contributed by atoms with Gasteiger partial charge >= 0.3 is 0 Å². The van der Waals surface area contributed by atoms with Crippen molar-refractivity contribution in [1.82, 2.24) is 15.0 Å². The van der Waals surface area contributed by atoms with Crippen LogP contribution in [0.3, 0.4) is 0 Å². The van der Waals surface area contributed by atoms with Crippen LogP contribution < -0.4 is 9.47 Å². The lowest BCUT2D eigenvalue weighted by atomic mass is 10.1. The Balaban J connectivity index is 1.42. The second kappa shape index (κ2) is 8.34. The van der Waals surface area contributed by atoms with Crippen LogP contribution in [0.1, 0.15) is 30.7 Å². The molecule has 1 fully saturated rings. The summed E-state index contributed by atoms with van der Waals surface area (Å²) < 4.78 is 16.1. The summed E-state index contributed by atoms with van der Waals surface area (Å²) >= 11 is 0. The molecule has 4 rings (SSSR count). The van der Waals surface area contributed by atoms with Gasteiger partial charge < -0.3 is 18.9 Å². The second-order valence-electron chi connectivity index (χ2n) is 6.94. The summed E-state index contributed by atoms with van der Waals surface area (Å²) in [5.74, 6) is 2.61. The van der Waals surface area contributed by atoms with Crippen molar-refractivity contribution in [2.75, 3.05) is 20.3 Å². The first-order chi connectivity index (χ1) is 14.2. The van der Waals surface area contributed by atoms with Gasteiger partial charge in [0, 0.05) is 25.1 Å². The van der Waals surface area contributed by atoms with Gasteiger partial charge in [-0.3, -0.25) is 4.79 Å². The van der Waals surface area contributed by atoms with Crippen molar-refractivity contribution in [1.29, 1.82) is 0 Å². The van der Waals surface area contributed by atoms with E-state index in [0.717, 1.165) is 22.6 Å². The fourth-order valence-electron chi connectivity index (χ4n) is 3.43. The lowest BCUT2D eigenvalue weighted by molar-refractivity contribution is -0.128. The molecule has 2 heterocycles. The second-order valence-corrected chi connectivity index (χ2v) is 6.94. The molecule has 0 saturated carbocycles. The van der Waals surface area contributed by atoms with E-state index in [9.17, 15) is 4.79 Å². The fraction of sp³-hybridized carbons (Fsp3) is 0.318. The van der Waals surface area contributed by atoms with Gasteiger partial charge in [-0.05, 0) is 48.9 Å². The van der Waals surface area contributed by atoms with Gasteiger partial charge in [0.05, 0.1) is 19.6 Å². The molecule has 1 aliphatic heterocycles. The number of hydrogen-bond donors (Lipinski definition) is 0. The summed E-state index contributed by atoms with van der Waals surface area (Å²) in [6.45, 7) is 3.68. The molecule has 29 heavy (non-hydrogen) atoms. The van der Waals surface area contributed by atoms with Gasteiger partial charge in [-0.25, -0.2) is 0 Å². The first kappa shape index (κ1) is 19.0. The molecule has 0 bridgehead atoms. The number of ether oxygens (including phenoxy) is 2. The highest BCUT2D eigenvalue weighted by Gasteiger charge is 2.34. The lowest BCUT2D eigenvalue weighted by Gasteiger charge is -2.16. The Morgan fingerprint density at radius 1 is 1.10 bits per heavy atom. The largest absolute Gasteiger partial charge is 0.497 e. The van der Waals surface area contributed by atoms with E-state index in [1.807, 2.05) is 60.4 Å². The smallest absolute Gasteiger partial charge is 0.232 e. The Morgan fingerprint density at radius 2 is 1.83 bits per heavy atom. The molecule has 0 aliphatic carbocycles. The van der Waals surface area contributed by atoms with Crippen LogP contribution >= 0.6 is 0 Å². The van der Waals surface area contributed by atoms with E-state index < -0.39 is 0 Å². The van der Waals surface area contributed by atoms with Crippen molar-refractivity contribution in [3.63, 3.8) is 0 Å². The number of likely N-dealkylation sites (tertiary alicyclic amines) is 1. The lowest BCUT2D eigenvalue weighted by Crippen LogP contribution is -2.24. The highest BCUT2D eigenvalue weighted by atomic mass is 16.5. The minimum atomic E-state index is -0.0929. The van der Waals surface area contributed by atoms with E-state index >= 15 is 0 Å². The SMILES string of the molecule is CCOc1ccc(-c2noc(C3CC(=O)N(Cc4ccc(OC)cc4)C3)n2)cc1. The third kappa shape index (κ3) is 4.23. The molecule has 150 valence electrons. The van der Waals surface area contributed by atoms with Gasteiger partial charge in [0.25, 0.3) is 0 Å². The molecule has 1 atom stereocenters. The number of carbonyl (C=O) groups excluding carboxylic acids is 1. The van der Waals surface area contributed by atoms with E-state index in [1.165, 1.54) is 0 Å². The standard InChI is InChI=1S/C22H23N3O4/c1-3-28-19-10-6-16(7-11-19)21-23-22(29-24-21)17-12-20(26)25(14-17)13-15-4-8-18(27-2)9-5-15/h4-11,17H,3,12-14H2,1-2H3. The van der Waals surface area contributed by atoms with Crippen LogP contribution in [0.15, 0.2) is 53.1 Å². The van der Waals surface area contributed by atoms with Crippen molar-refractivity contribution in [2.45, 2.75) is 25.8 Å². The van der Waals surface area contributed by atoms with E-state index in [4.69, 9.17) is 14.0 Å². The van der Waals surface area contributed by atoms with Crippen molar-refractivity contribution < 1.29 is 18.8 Å². The van der Waals surface area contributed by atoms with Crippen LogP contribution in [0.25, 0.3) is 11.4 Å². The molecule has 0 radical (unpaired) electrons. The number of carbonyl (C=O) groups is 1. The van der Waals surface area contributed by atoms with Crippen LogP contribution in [0.4, 0.5) is 0 Å². The van der Waals surface area contributed by atoms with Crippen LogP contribution in [-0.4, -0.2) is 41.2 Å². The molecule has 1 amide bonds. The number of rotatable bonds is 7. The fourth-order valence-corrected chi connectivity index (χ4v) is 3.43. The molecule has 1 unspecified atom stereocenters. The molecule has 2 aromatic carbocycles. The van der Waals surface area contributed by atoms with Gasteiger partial charge in [0.2, 0.25) is 17.6 Å². The minimum Gasteiger partial charge on any atom is -0.497 e. The van der Waals surface area contributed by atoms with Crippen LogP contribution in [0.5, 0.6) is 11.5 Å². The molecule has 7 nitrogen and oxygen atoms in total. The van der Waals surface area contributed by atoms with E-state index in [-0.39, 0.29) is 11.8 Å². The summed E-state index contributed by atoms with van der Waals surface area (Å²) in [6, 6.07) is 15.3. The van der Waals surface area contributed by atoms with E-state index in [2.05, 4.69) is 10.1 Å². The molecule has 1 aromatic heterocycles. The molecule has 1 aliphatic rings. The monoisotopic (exact) mass is 393 g/mol. The predicted octanol–water partition coefficient (Wildman–Crippen LogP) is 3.66. The number of benzene rings is 2. The zero-order chi connectivity index (χ0) is 20.2. The third-order valence-electron chi connectivity index (χ3n) is 4.96. The molecule has 1 saturated heterocycles. The number of amides is 1.